The van der Waals surface area contributed by atoms with Gasteiger partial charge in [-0.25, -0.2) is 8.42 Å². The fourth-order valence-corrected chi connectivity index (χ4v) is 5.02. The van der Waals surface area contributed by atoms with E-state index in [1.165, 1.54) is 35.6 Å². The lowest BCUT2D eigenvalue weighted by molar-refractivity contribution is -0.380. The summed E-state index contributed by atoms with van der Waals surface area (Å²) in [5.41, 5.74) is 0.742. The second-order valence-electron chi connectivity index (χ2n) is 5.90. The van der Waals surface area contributed by atoms with E-state index in [-0.39, 0.29) is 9.90 Å². The zero-order chi connectivity index (χ0) is 21.2. The molecule has 0 radical (unpaired) electrons. The Balaban J connectivity index is 1.99. The van der Waals surface area contributed by atoms with Gasteiger partial charge in [0, 0.05) is 29.8 Å². The van der Waals surface area contributed by atoms with Gasteiger partial charge in [-0.2, -0.15) is 4.99 Å². The molecular weight excluding hydrogens is 434 g/mol. The molecule has 0 saturated carbocycles. The van der Waals surface area contributed by atoms with E-state index < -0.39 is 20.7 Å². The van der Waals surface area contributed by atoms with E-state index in [4.69, 9.17) is 0 Å². The maximum Gasteiger partial charge on any atom is 0.324 e. The third-order valence-corrected chi connectivity index (χ3v) is 6.94. The highest BCUT2D eigenvalue weighted by Crippen LogP contribution is 2.25. The minimum Gasteiger partial charge on any atom is -0.312 e. The zero-order valence-corrected chi connectivity index (χ0v) is 17.6. The molecule has 3 aromatic rings. The van der Waals surface area contributed by atoms with Crippen molar-refractivity contribution in [3.05, 3.63) is 68.9 Å². The van der Waals surface area contributed by atoms with Gasteiger partial charge in [0.05, 0.1) is 20.0 Å². The molecule has 1 aromatic carbocycles. The summed E-state index contributed by atoms with van der Waals surface area (Å²) in [5, 5.41) is 10.7. The third-order valence-electron chi connectivity index (χ3n) is 3.78. The van der Waals surface area contributed by atoms with Crippen molar-refractivity contribution in [1.82, 2.24) is 4.57 Å². The van der Waals surface area contributed by atoms with Crippen LogP contribution in [0.15, 0.2) is 59.0 Å². The summed E-state index contributed by atoms with van der Waals surface area (Å²) in [6.45, 7) is 4.10. The summed E-state index contributed by atoms with van der Waals surface area (Å²) in [6, 6.07) is 7.67. The second kappa shape index (κ2) is 8.23. The molecule has 3 rings (SSSR count). The number of nitro groups is 1. The smallest absolute Gasteiger partial charge is 0.312 e. The summed E-state index contributed by atoms with van der Waals surface area (Å²) in [4.78, 5) is 27.8. The summed E-state index contributed by atoms with van der Waals surface area (Å²) in [6.07, 6.45) is 5.49. The molecule has 2 heterocycles. The van der Waals surface area contributed by atoms with Crippen molar-refractivity contribution in [2.75, 3.05) is 6.26 Å². The standard InChI is InChI=1S/C18H15N3O5S3/c1-3-10-20-14-7-6-13(29(2,25)26)11-15(14)28-18(20)19-16(22)8-4-12-5-9-17(27-12)21(23)24/h3-9,11H,1,10H2,2H3. The topological polar surface area (TPSA) is 112 Å². The van der Waals surface area contributed by atoms with Gasteiger partial charge in [-0.15, -0.1) is 6.58 Å². The molecular formula is C18H15N3O5S3. The number of amides is 1. The van der Waals surface area contributed by atoms with Crippen LogP contribution in [0.4, 0.5) is 5.00 Å². The highest BCUT2D eigenvalue weighted by molar-refractivity contribution is 7.90. The first-order valence-corrected chi connectivity index (χ1v) is 11.7. The number of sulfone groups is 1. The number of thiophene rings is 1. The molecule has 8 nitrogen and oxygen atoms in total. The van der Waals surface area contributed by atoms with E-state index in [0.717, 1.165) is 23.1 Å². The average molecular weight is 450 g/mol. The predicted octanol–water partition coefficient (Wildman–Crippen LogP) is 3.40. The van der Waals surface area contributed by atoms with Gasteiger partial charge in [0.2, 0.25) is 0 Å². The largest absolute Gasteiger partial charge is 0.324 e. The highest BCUT2D eigenvalue weighted by Gasteiger charge is 2.12. The van der Waals surface area contributed by atoms with Gasteiger partial charge < -0.3 is 4.57 Å². The van der Waals surface area contributed by atoms with Gasteiger partial charge in [-0.1, -0.05) is 28.7 Å². The van der Waals surface area contributed by atoms with Crippen molar-refractivity contribution < 1.29 is 18.1 Å². The van der Waals surface area contributed by atoms with Crippen LogP contribution in [-0.2, 0) is 21.2 Å². The van der Waals surface area contributed by atoms with Crippen molar-refractivity contribution in [3.63, 3.8) is 0 Å². The van der Waals surface area contributed by atoms with E-state index in [1.807, 2.05) is 0 Å². The van der Waals surface area contributed by atoms with Gasteiger partial charge in [0.25, 0.3) is 5.91 Å². The predicted molar refractivity (Wildman–Crippen MR) is 114 cm³/mol. The van der Waals surface area contributed by atoms with Crippen LogP contribution in [0.2, 0.25) is 0 Å². The van der Waals surface area contributed by atoms with Crippen LogP contribution in [0.1, 0.15) is 4.88 Å². The molecule has 0 aliphatic rings. The Morgan fingerprint density at radius 3 is 2.69 bits per heavy atom. The Morgan fingerprint density at radius 2 is 2.07 bits per heavy atom. The van der Waals surface area contributed by atoms with E-state index in [2.05, 4.69) is 11.6 Å². The van der Waals surface area contributed by atoms with Crippen LogP contribution < -0.4 is 4.80 Å². The first kappa shape index (κ1) is 20.8. The molecule has 0 bridgehead atoms. The van der Waals surface area contributed by atoms with Crippen molar-refractivity contribution in [1.29, 1.82) is 0 Å². The molecule has 0 saturated heterocycles. The first-order valence-electron chi connectivity index (χ1n) is 8.14. The Hall–Kier alpha value is -2.89. The van der Waals surface area contributed by atoms with E-state index in [1.54, 1.807) is 28.8 Å². The number of thiazole rings is 1. The normalized spacial score (nSPS) is 12.7. The second-order valence-corrected chi connectivity index (χ2v) is 10.0. The Morgan fingerprint density at radius 1 is 1.31 bits per heavy atom. The molecule has 29 heavy (non-hydrogen) atoms. The van der Waals surface area contributed by atoms with E-state index in [9.17, 15) is 23.3 Å². The number of rotatable bonds is 6. The number of hydrogen-bond donors (Lipinski definition) is 0. The number of fused-ring (bicyclic) bond motifs is 1. The lowest BCUT2D eigenvalue weighted by Gasteiger charge is -2.02. The van der Waals surface area contributed by atoms with Gasteiger partial charge in [0.15, 0.2) is 14.6 Å². The monoisotopic (exact) mass is 449 g/mol. The molecule has 0 unspecified atom stereocenters. The molecule has 0 spiro atoms. The number of aromatic nitrogens is 1. The molecule has 11 heteroatoms. The number of carbonyl (C=O) groups excluding carboxylic acids is 1. The fraction of sp³-hybridized carbons (Fsp3) is 0.111. The minimum atomic E-state index is -3.35. The third kappa shape index (κ3) is 4.75. The van der Waals surface area contributed by atoms with Crippen molar-refractivity contribution in [3.8, 4) is 0 Å². The maximum absolute atomic E-state index is 12.3. The molecule has 150 valence electrons. The van der Waals surface area contributed by atoms with Crippen LogP contribution in [0.3, 0.4) is 0 Å². The zero-order valence-electron chi connectivity index (χ0n) is 15.1. The lowest BCUT2D eigenvalue weighted by atomic mass is 10.3. The Bertz CT molecular complexity index is 1330. The number of allylic oxidation sites excluding steroid dienone is 1. The molecule has 0 fully saturated rings. The molecule has 0 atom stereocenters. The van der Waals surface area contributed by atoms with Crippen LogP contribution in [-0.4, -0.2) is 30.1 Å². The molecule has 0 N–H and O–H groups in total. The average Bonchev–Trinajstić information content (AvgIpc) is 3.24. The molecule has 0 aliphatic heterocycles. The van der Waals surface area contributed by atoms with Gasteiger partial charge >= 0.3 is 5.00 Å². The van der Waals surface area contributed by atoms with Crippen molar-refractivity contribution >= 4 is 59.7 Å². The summed E-state index contributed by atoms with van der Waals surface area (Å²) >= 11 is 2.15. The Kier molecular flexibility index (Phi) is 5.91. The number of nitrogens with zero attached hydrogens (tertiary/aromatic N) is 3. The van der Waals surface area contributed by atoms with E-state index >= 15 is 0 Å². The summed E-state index contributed by atoms with van der Waals surface area (Å²) < 4.78 is 26.0. The molecule has 2 aromatic heterocycles. The summed E-state index contributed by atoms with van der Waals surface area (Å²) in [7, 11) is -3.35. The Labute approximate surface area is 173 Å². The number of hydrogen-bond acceptors (Lipinski definition) is 7. The van der Waals surface area contributed by atoms with E-state index in [0.29, 0.717) is 20.9 Å². The fourth-order valence-electron chi connectivity index (χ4n) is 2.49. The summed E-state index contributed by atoms with van der Waals surface area (Å²) in [5.74, 6) is -0.534. The molecule has 0 aliphatic carbocycles. The van der Waals surface area contributed by atoms with Crippen LogP contribution in [0.25, 0.3) is 16.3 Å². The van der Waals surface area contributed by atoms with Crippen LogP contribution >= 0.6 is 22.7 Å². The SMILES string of the molecule is C=CCn1c(=NC(=O)C=Cc2ccc([N+](=O)[O-])s2)sc2cc(S(C)(=O)=O)ccc21. The lowest BCUT2D eigenvalue weighted by Crippen LogP contribution is -2.15. The maximum atomic E-state index is 12.3. The number of carbonyl (C=O) groups is 1. The quantitative estimate of drug-likeness (QED) is 0.248. The molecule has 1 amide bonds. The van der Waals surface area contributed by atoms with Gasteiger partial charge in [0.1, 0.15) is 0 Å². The van der Waals surface area contributed by atoms with Crippen molar-refractivity contribution in [2.45, 2.75) is 11.4 Å². The minimum absolute atomic E-state index is 0.0101. The van der Waals surface area contributed by atoms with Crippen molar-refractivity contribution in [2.24, 2.45) is 4.99 Å². The van der Waals surface area contributed by atoms with Gasteiger partial charge in [-0.05, 0) is 30.3 Å². The number of benzene rings is 1. The highest BCUT2D eigenvalue weighted by atomic mass is 32.2. The van der Waals surface area contributed by atoms with Gasteiger partial charge in [-0.3, -0.25) is 14.9 Å². The first-order chi connectivity index (χ1) is 13.7. The van der Waals surface area contributed by atoms with Crippen LogP contribution in [0, 0.1) is 10.1 Å². The van der Waals surface area contributed by atoms with Crippen LogP contribution in [0.5, 0.6) is 0 Å².